The van der Waals surface area contributed by atoms with E-state index in [0.29, 0.717) is 13.0 Å². The number of carbonyl (C=O) groups is 3. The minimum Gasteiger partial charge on any atom is -0.480 e. The Kier molecular flexibility index (Phi) is 10.1. The summed E-state index contributed by atoms with van der Waals surface area (Å²) in [5.41, 5.74) is 5.59. The first kappa shape index (κ1) is 20.3. The number of aliphatic carboxylic acids is 1. The fourth-order valence-corrected chi connectivity index (χ4v) is 1.56. The van der Waals surface area contributed by atoms with Crippen molar-refractivity contribution in [3.63, 3.8) is 0 Å². The molecule has 0 aromatic rings. The number of carbonyl (C=O) groups excluding carboxylic acids is 2. The predicted molar refractivity (Wildman–Crippen MR) is 77.7 cm³/mol. The number of nitrogens with two attached hydrogens (primary N) is 1. The number of hydrogen-bond acceptors (Lipinski definition) is 6. The highest BCUT2D eigenvalue weighted by molar-refractivity contribution is 5.83. The zero-order chi connectivity index (χ0) is 17.1. The van der Waals surface area contributed by atoms with Crippen LogP contribution in [-0.2, 0) is 19.1 Å². The number of amides is 2. The molecule has 0 aliphatic heterocycles. The van der Waals surface area contributed by atoms with Crippen molar-refractivity contribution in [2.75, 3.05) is 13.7 Å². The summed E-state index contributed by atoms with van der Waals surface area (Å²) in [5, 5.41) is 22.8. The lowest BCUT2D eigenvalue weighted by Crippen LogP contribution is -2.38. The molecule has 0 saturated carbocycles. The molecule has 0 aliphatic rings. The summed E-state index contributed by atoms with van der Waals surface area (Å²) in [6, 6.07) is -1.57. The van der Waals surface area contributed by atoms with Crippen molar-refractivity contribution in [2.45, 2.75) is 51.0 Å². The smallest absolute Gasteiger partial charge is 0.325 e. The first-order valence-electron chi connectivity index (χ1n) is 7.03. The quantitative estimate of drug-likeness (QED) is 0.231. The molecule has 0 bridgehead atoms. The number of rotatable bonds is 11. The molecule has 9 nitrogen and oxygen atoms in total. The van der Waals surface area contributed by atoms with E-state index in [1.165, 1.54) is 14.0 Å². The van der Waals surface area contributed by atoms with Crippen LogP contribution in [0.3, 0.4) is 0 Å². The van der Waals surface area contributed by atoms with Gasteiger partial charge in [0.15, 0.2) is 6.29 Å². The molecule has 3 atom stereocenters. The zero-order valence-corrected chi connectivity index (χ0v) is 12.9. The Bertz CT molecular complexity index is 377. The Balaban J connectivity index is 3.72. The van der Waals surface area contributed by atoms with E-state index in [4.69, 9.17) is 10.8 Å². The molecular formula is C13H25N3O6. The minimum absolute atomic E-state index is 0.125. The topological polar surface area (TPSA) is 151 Å². The van der Waals surface area contributed by atoms with Gasteiger partial charge in [0.2, 0.25) is 11.8 Å². The second-order valence-electron chi connectivity index (χ2n) is 4.91. The lowest BCUT2D eigenvalue weighted by molar-refractivity contribution is -0.141. The standard InChI is InChI=1S/C13H25N3O6/c1-8(12(19)20)16-11(18)4-3-7-15-10(17)6-5-9(14)13(21)22-2/h8-9,13,21H,3-7,14H2,1-2H3,(H,15,17)(H,16,18)(H,19,20). The van der Waals surface area contributed by atoms with Crippen LogP contribution in [0.15, 0.2) is 0 Å². The minimum atomic E-state index is -1.10. The third-order valence-corrected chi connectivity index (χ3v) is 2.96. The number of hydrogen-bond donors (Lipinski definition) is 5. The van der Waals surface area contributed by atoms with Crippen molar-refractivity contribution in [1.29, 1.82) is 0 Å². The van der Waals surface area contributed by atoms with Gasteiger partial charge in [-0.25, -0.2) is 0 Å². The van der Waals surface area contributed by atoms with Crippen LogP contribution in [-0.4, -0.2) is 60.0 Å². The van der Waals surface area contributed by atoms with E-state index >= 15 is 0 Å². The molecule has 0 aromatic heterocycles. The van der Waals surface area contributed by atoms with Crippen molar-refractivity contribution in [3.05, 3.63) is 0 Å². The SMILES string of the molecule is COC(O)C(N)CCC(=O)NCCCC(=O)NC(C)C(=O)O. The van der Waals surface area contributed by atoms with Crippen LogP contribution in [0, 0.1) is 0 Å². The van der Waals surface area contributed by atoms with Crippen LogP contribution in [0.2, 0.25) is 0 Å². The number of methoxy groups -OCH3 is 1. The maximum atomic E-state index is 11.5. The molecule has 2 amide bonds. The predicted octanol–water partition coefficient (Wildman–Crippen LogP) is -1.46. The van der Waals surface area contributed by atoms with Gasteiger partial charge in [0.1, 0.15) is 6.04 Å². The Morgan fingerprint density at radius 1 is 1.23 bits per heavy atom. The Morgan fingerprint density at radius 3 is 2.41 bits per heavy atom. The maximum Gasteiger partial charge on any atom is 0.325 e. The second-order valence-corrected chi connectivity index (χ2v) is 4.91. The van der Waals surface area contributed by atoms with E-state index in [2.05, 4.69) is 15.4 Å². The van der Waals surface area contributed by atoms with Gasteiger partial charge in [0.25, 0.3) is 0 Å². The first-order chi connectivity index (χ1) is 10.3. The Hall–Kier alpha value is -1.71. The molecule has 9 heteroatoms. The molecule has 0 saturated heterocycles. The Labute approximate surface area is 129 Å². The lowest BCUT2D eigenvalue weighted by atomic mass is 10.1. The molecule has 6 N–H and O–H groups in total. The highest BCUT2D eigenvalue weighted by Gasteiger charge is 2.15. The van der Waals surface area contributed by atoms with E-state index in [9.17, 15) is 19.5 Å². The third kappa shape index (κ3) is 9.27. The number of carboxylic acids is 1. The number of carboxylic acid groups (broad SMARTS) is 1. The van der Waals surface area contributed by atoms with Gasteiger partial charge < -0.3 is 31.3 Å². The molecule has 0 aliphatic carbocycles. The van der Waals surface area contributed by atoms with E-state index in [1.807, 2.05) is 0 Å². The van der Waals surface area contributed by atoms with Crippen LogP contribution in [0.1, 0.15) is 32.6 Å². The molecule has 0 spiro atoms. The fourth-order valence-electron chi connectivity index (χ4n) is 1.56. The van der Waals surface area contributed by atoms with E-state index in [-0.39, 0.29) is 31.1 Å². The molecule has 128 valence electrons. The monoisotopic (exact) mass is 319 g/mol. The van der Waals surface area contributed by atoms with E-state index < -0.39 is 24.3 Å². The molecule has 0 fully saturated rings. The molecule has 0 rings (SSSR count). The van der Waals surface area contributed by atoms with Crippen molar-refractivity contribution in [2.24, 2.45) is 5.73 Å². The van der Waals surface area contributed by atoms with Gasteiger partial charge in [0, 0.05) is 26.5 Å². The van der Waals surface area contributed by atoms with Crippen LogP contribution < -0.4 is 16.4 Å². The van der Waals surface area contributed by atoms with Crippen LogP contribution in [0.25, 0.3) is 0 Å². The van der Waals surface area contributed by atoms with E-state index in [0.717, 1.165) is 0 Å². The highest BCUT2D eigenvalue weighted by Crippen LogP contribution is 2.00. The number of aliphatic hydroxyl groups excluding tert-OH is 1. The van der Waals surface area contributed by atoms with Gasteiger partial charge in [-0.05, 0) is 19.8 Å². The largest absolute Gasteiger partial charge is 0.480 e. The van der Waals surface area contributed by atoms with Crippen LogP contribution in [0.4, 0.5) is 0 Å². The molecular weight excluding hydrogens is 294 g/mol. The van der Waals surface area contributed by atoms with Crippen molar-refractivity contribution in [1.82, 2.24) is 10.6 Å². The molecule has 22 heavy (non-hydrogen) atoms. The van der Waals surface area contributed by atoms with Crippen molar-refractivity contribution >= 4 is 17.8 Å². The number of ether oxygens (including phenoxy) is 1. The van der Waals surface area contributed by atoms with Gasteiger partial charge in [-0.1, -0.05) is 0 Å². The van der Waals surface area contributed by atoms with Crippen LogP contribution in [0.5, 0.6) is 0 Å². The van der Waals surface area contributed by atoms with Crippen molar-refractivity contribution < 1.29 is 29.3 Å². The number of aliphatic hydroxyl groups is 1. The number of nitrogens with one attached hydrogen (secondary N) is 2. The summed E-state index contributed by atoms with van der Waals surface area (Å²) in [5.74, 6) is -1.72. The summed E-state index contributed by atoms with van der Waals surface area (Å²) < 4.78 is 4.63. The maximum absolute atomic E-state index is 11.5. The third-order valence-electron chi connectivity index (χ3n) is 2.96. The van der Waals surface area contributed by atoms with Gasteiger partial charge in [-0.2, -0.15) is 0 Å². The zero-order valence-electron chi connectivity index (χ0n) is 12.9. The van der Waals surface area contributed by atoms with Crippen LogP contribution >= 0.6 is 0 Å². The van der Waals surface area contributed by atoms with Gasteiger partial charge in [-0.15, -0.1) is 0 Å². The van der Waals surface area contributed by atoms with Crippen molar-refractivity contribution in [3.8, 4) is 0 Å². The van der Waals surface area contributed by atoms with Gasteiger partial charge >= 0.3 is 5.97 Å². The summed E-state index contributed by atoms with van der Waals surface area (Å²) in [6.45, 7) is 1.68. The summed E-state index contributed by atoms with van der Waals surface area (Å²) in [6.07, 6.45) is -0.162. The van der Waals surface area contributed by atoms with E-state index in [1.54, 1.807) is 0 Å². The fraction of sp³-hybridized carbons (Fsp3) is 0.769. The summed E-state index contributed by atoms with van der Waals surface area (Å²) in [4.78, 5) is 33.4. The average Bonchev–Trinajstić information content (AvgIpc) is 2.47. The molecule has 0 radical (unpaired) electrons. The second kappa shape index (κ2) is 10.9. The Morgan fingerprint density at radius 2 is 1.86 bits per heavy atom. The van der Waals surface area contributed by atoms with Gasteiger partial charge in [0.05, 0.1) is 6.04 Å². The molecule has 3 unspecified atom stereocenters. The normalized spacial score (nSPS) is 14.7. The molecule has 0 heterocycles. The molecule has 0 aromatic carbocycles. The lowest BCUT2D eigenvalue weighted by Gasteiger charge is -2.16. The summed E-state index contributed by atoms with van der Waals surface area (Å²) >= 11 is 0. The highest BCUT2D eigenvalue weighted by atomic mass is 16.6. The van der Waals surface area contributed by atoms with Gasteiger partial charge in [-0.3, -0.25) is 14.4 Å². The average molecular weight is 319 g/mol. The first-order valence-corrected chi connectivity index (χ1v) is 7.03. The summed E-state index contributed by atoms with van der Waals surface area (Å²) in [7, 11) is 1.32.